The van der Waals surface area contributed by atoms with Gasteiger partial charge < -0.3 is 15.0 Å². The third-order valence-electron chi connectivity index (χ3n) is 4.83. The van der Waals surface area contributed by atoms with Gasteiger partial charge in [0, 0.05) is 35.4 Å². The first-order valence-corrected chi connectivity index (χ1v) is 10.6. The molecule has 3 heterocycles. The summed E-state index contributed by atoms with van der Waals surface area (Å²) in [5.74, 6) is -0.237. The second kappa shape index (κ2) is 9.65. The third kappa shape index (κ3) is 5.24. The molecular formula is C22H20BrN5O3. The topological polar surface area (TPSA) is 97.3 Å². The SMILES string of the molecule is O=C(NCCOc1ccc(-c2ccccn2)nn1)[C@H]1CC(=O)N(c2cccc(Br)c2)C1. The number of carbonyl (C=O) groups is 2. The normalized spacial score (nSPS) is 15.7. The first kappa shape index (κ1) is 20.9. The Bertz CT molecular complexity index is 1060. The fraction of sp³-hybridized carbons (Fsp3) is 0.227. The highest BCUT2D eigenvalue weighted by Gasteiger charge is 2.35. The molecule has 9 heteroatoms. The van der Waals surface area contributed by atoms with Crippen LogP contribution in [0.5, 0.6) is 5.88 Å². The minimum atomic E-state index is -0.385. The molecule has 1 aliphatic heterocycles. The highest BCUT2D eigenvalue weighted by molar-refractivity contribution is 9.10. The van der Waals surface area contributed by atoms with Crippen molar-refractivity contribution in [1.82, 2.24) is 20.5 Å². The molecule has 2 amide bonds. The van der Waals surface area contributed by atoms with Crippen LogP contribution in [0, 0.1) is 5.92 Å². The highest BCUT2D eigenvalue weighted by Crippen LogP contribution is 2.27. The fourth-order valence-corrected chi connectivity index (χ4v) is 3.69. The molecule has 1 atom stereocenters. The van der Waals surface area contributed by atoms with Crippen LogP contribution in [0.1, 0.15) is 6.42 Å². The Balaban J connectivity index is 1.23. The molecule has 0 bridgehead atoms. The number of hydrogen-bond donors (Lipinski definition) is 1. The molecule has 1 aromatic carbocycles. The average Bonchev–Trinajstić information content (AvgIpc) is 3.19. The quantitative estimate of drug-likeness (QED) is 0.521. The Labute approximate surface area is 187 Å². The summed E-state index contributed by atoms with van der Waals surface area (Å²) >= 11 is 3.41. The summed E-state index contributed by atoms with van der Waals surface area (Å²) in [6, 6.07) is 16.5. The number of aromatic nitrogens is 3. The number of ether oxygens (including phenoxy) is 1. The standard InChI is InChI=1S/C22H20BrN5O3/c23-16-4-3-5-17(13-16)28-14-15(12-21(28)29)22(30)25-10-11-31-20-8-7-19(26-27-20)18-6-1-2-9-24-18/h1-9,13,15H,10-12,14H2,(H,25,30)/t15-/m0/s1. The predicted octanol–water partition coefficient (Wildman–Crippen LogP) is 2.85. The first-order valence-electron chi connectivity index (χ1n) is 9.82. The second-order valence-corrected chi connectivity index (χ2v) is 7.91. The van der Waals surface area contributed by atoms with Crippen molar-refractivity contribution in [3.05, 3.63) is 65.3 Å². The van der Waals surface area contributed by atoms with E-state index in [4.69, 9.17) is 4.74 Å². The summed E-state index contributed by atoms with van der Waals surface area (Å²) < 4.78 is 6.43. The van der Waals surface area contributed by atoms with Crippen LogP contribution in [0.15, 0.2) is 65.3 Å². The molecule has 158 valence electrons. The van der Waals surface area contributed by atoms with E-state index in [1.165, 1.54) is 0 Å². The molecule has 0 radical (unpaired) electrons. The molecule has 2 aromatic heterocycles. The minimum Gasteiger partial charge on any atom is -0.475 e. The van der Waals surface area contributed by atoms with Crippen molar-refractivity contribution in [3.63, 3.8) is 0 Å². The lowest BCUT2D eigenvalue weighted by molar-refractivity contribution is -0.126. The van der Waals surface area contributed by atoms with Crippen LogP contribution in [-0.4, -0.2) is 46.7 Å². The molecule has 1 saturated heterocycles. The molecule has 4 rings (SSSR count). The maximum Gasteiger partial charge on any atom is 0.233 e. The Kier molecular flexibility index (Phi) is 6.51. The predicted molar refractivity (Wildman–Crippen MR) is 118 cm³/mol. The van der Waals surface area contributed by atoms with Crippen molar-refractivity contribution in [2.24, 2.45) is 5.92 Å². The molecule has 1 aliphatic rings. The second-order valence-electron chi connectivity index (χ2n) is 7.00. The maximum atomic E-state index is 12.5. The third-order valence-corrected chi connectivity index (χ3v) is 5.33. The van der Waals surface area contributed by atoms with Gasteiger partial charge >= 0.3 is 0 Å². The van der Waals surface area contributed by atoms with Gasteiger partial charge in [0.15, 0.2) is 0 Å². The van der Waals surface area contributed by atoms with Crippen molar-refractivity contribution >= 4 is 33.4 Å². The summed E-state index contributed by atoms with van der Waals surface area (Å²) in [6.07, 6.45) is 1.89. The van der Waals surface area contributed by atoms with Crippen molar-refractivity contribution in [2.75, 3.05) is 24.6 Å². The van der Waals surface area contributed by atoms with Crippen LogP contribution in [0.2, 0.25) is 0 Å². The zero-order chi connectivity index (χ0) is 21.6. The van der Waals surface area contributed by atoms with E-state index in [0.29, 0.717) is 24.7 Å². The van der Waals surface area contributed by atoms with Gasteiger partial charge in [0.05, 0.1) is 18.2 Å². The van der Waals surface area contributed by atoms with Crippen LogP contribution in [-0.2, 0) is 9.59 Å². The number of amides is 2. The number of hydrogen-bond acceptors (Lipinski definition) is 6. The monoisotopic (exact) mass is 481 g/mol. The summed E-state index contributed by atoms with van der Waals surface area (Å²) in [5.41, 5.74) is 2.17. The molecule has 0 unspecified atom stereocenters. The van der Waals surface area contributed by atoms with Gasteiger partial charge in [0.25, 0.3) is 0 Å². The first-order chi connectivity index (χ1) is 15.1. The smallest absolute Gasteiger partial charge is 0.233 e. The number of nitrogens with zero attached hydrogens (tertiary/aromatic N) is 4. The molecule has 1 N–H and O–H groups in total. The van der Waals surface area contributed by atoms with E-state index in [2.05, 4.69) is 36.4 Å². The van der Waals surface area contributed by atoms with Crippen molar-refractivity contribution < 1.29 is 14.3 Å². The van der Waals surface area contributed by atoms with Crippen molar-refractivity contribution in [2.45, 2.75) is 6.42 Å². The molecule has 0 saturated carbocycles. The summed E-state index contributed by atoms with van der Waals surface area (Å²) in [6.45, 7) is 0.923. The van der Waals surface area contributed by atoms with Gasteiger partial charge in [-0.05, 0) is 36.4 Å². The summed E-state index contributed by atoms with van der Waals surface area (Å²) in [4.78, 5) is 30.7. The Morgan fingerprint density at radius 3 is 2.77 bits per heavy atom. The van der Waals surface area contributed by atoms with E-state index < -0.39 is 0 Å². The molecule has 8 nitrogen and oxygen atoms in total. The van der Waals surface area contributed by atoms with Gasteiger partial charge in [-0.2, -0.15) is 0 Å². The van der Waals surface area contributed by atoms with Crippen molar-refractivity contribution in [1.29, 1.82) is 0 Å². The maximum absolute atomic E-state index is 12.5. The number of carbonyl (C=O) groups excluding carboxylic acids is 2. The molecule has 0 aliphatic carbocycles. The van der Waals surface area contributed by atoms with Crippen LogP contribution in [0.3, 0.4) is 0 Å². The van der Waals surface area contributed by atoms with E-state index in [1.807, 2.05) is 42.5 Å². The van der Waals surface area contributed by atoms with E-state index in [9.17, 15) is 9.59 Å². The van der Waals surface area contributed by atoms with Crippen LogP contribution in [0.25, 0.3) is 11.4 Å². The lowest BCUT2D eigenvalue weighted by atomic mass is 10.1. The minimum absolute atomic E-state index is 0.0576. The largest absolute Gasteiger partial charge is 0.475 e. The van der Waals surface area contributed by atoms with Gasteiger partial charge in [-0.25, -0.2) is 0 Å². The summed E-state index contributed by atoms with van der Waals surface area (Å²) in [5, 5.41) is 11.0. The fourth-order valence-electron chi connectivity index (χ4n) is 3.30. The van der Waals surface area contributed by atoms with Crippen LogP contribution < -0.4 is 15.0 Å². The van der Waals surface area contributed by atoms with Gasteiger partial charge in [-0.15, -0.1) is 10.2 Å². The highest BCUT2D eigenvalue weighted by atomic mass is 79.9. The molecule has 0 spiro atoms. The number of rotatable bonds is 7. The molecule has 31 heavy (non-hydrogen) atoms. The Morgan fingerprint density at radius 2 is 2.03 bits per heavy atom. The number of anilines is 1. The lowest BCUT2D eigenvalue weighted by Gasteiger charge is -2.17. The Morgan fingerprint density at radius 1 is 1.13 bits per heavy atom. The van der Waals surface area contributed by atoms with E-state index in [0.717, 1.165) is 15.9 Å². The zero-order valence-electron chi connectivity index (χ0n) is 16.6. The lowest BCUT2D eigenvalue weighted by Crippen LogP contribution is -2.35. The van der Waals surface area contributed by atoms with Gasteiger partial charge in [-0.1, -0.05) is 28.1 Å². The van der Waals surface area contributed by atoms with Crippen LogP contribution >= 0.6 is 15.9 Å². The van der Waals surface area contributed by atoms with E-state index >= 15 is 0 Å². The molecular weight excluding hydrogens is 462 g/mol. The number of benzene rings is 1. The average molecular weight is 482 g/mol. The Hall–Kier alpha value is -3.33. The zero-order valence-corrected chi connectivity index (χ0v) is 18.2. The summed E-state index contributed by atoms with van der Waals surface area (Å²) in [7, 11) is 0. The van der Waals surface area contributed by atoms with Crippen molar-refractivity contribution in [3.8, 4) is 17.3 Å². The number of nitrogens with one attached hydrogen (secondary N) is 1. The van der Waals surface area contributed by atoms with Gasteiger partial charge in [-0.3, -0.25) is 14.6 Å². The molecule has 3 aromatic rings. The molecule has 1 fully saturated rings. The van der Waals surface area contributed by atoms with E-state index in [-0.39, 0.29) is 30.8 Å². The van der Waals surface area contributed by atoms with Gasteiger partial charge in [0.1, 0.15) is 12.3 Å². The number of pyridine rings is 1. The van der Waals surface area contributed by atoms with Gasteiger partial charge in [0.2, 0.25) is 17.7 Å². The number of halogens is 1. The van der Waals surface area contributed by atoms with E-state index in [1.54, 1.807) is 23.2 Å². The van der Waals surface area contributed by atoms with Crippen LogP contribution in [0.4, 0.5) is 5.69 Å².